The fourth-order valence-electron chi connectivity index (χ4n) is 11.1. The fourth-order valence-corrected chi connectivity index (χ4v) is 11.1. The molecule has 0 N–H and O–H groups in total. The van der Waals surface area contributed by atoms with Gasteiger partial charge in [-0.15, -0.1) is 0 Å². The van der Waals surface area contributed by atoms with Gasteiger partial charge in [-0.05, 0) is 120 Å². The Morgan fingerprint density at radius 3 is 2.40 bits per heavy atom. The summed E-state index contributed by atoms with van der Waals surface area (Å²) in [5, 5.41) is 2.38. The molecule has 53 heavy (non-hydrogen) atoms. The highest BCUT2D eigenvalue weighted by molar-refractivity contribution is 6.93. The van der Waals surface area contributed by atoms with Gasteiger partial charge in [-0.2, -0.15) is 0 Å². The van der Waals surface area contributed by atoms with Gasteiger partial charge in [0.2, 0.25) is 0 Å². The second-order valence-electron chi connectivity index (χ2n) is 16.6. The molecule has 1 aromatic heterocycles. The third-order valence-electron chi connectivity index (χ3n) is 13.9. The molecule has 1 aliphatic carbocycles. The summed E-state index contributed by atoms with van der Waals surface area (Å²) in [4.78, 5) is 5.55. The molecular weight excluding hydrogens is 643 g/mol. The van der Waals surface area contributed by atoms with Crippen LogP contribution in [0.15, 0.2) is 120 Å². The predicted molar refractivity (Wildman–Crippen MR) is 224 cm³/mol. The number of aryl methyl sites for hydroxylation is 2. The van der Waals surface area contributed by atoms with Crippen molar-refractivity contribution in [1.29, 1.82) is 0 Å². The summed E-state index contributed by atoms with van der Waals surface area (Å²) in [6.45, 7) is 9.78. The summed E-state index contributed by atoms with van der Waals surface area (Å²) in [6.07, 6.45) is 8.47. The molecule has 4 heterocycles. The standard InChI is InChI=1S/C49H45BN2O/c1-5-6-15-32-22-23-39(31(2)28-32)52-40-24-25-43-45(35-18-10-11-21-42(35)53-43)44(40)36-29-34(33-16-8-7-9-17-33)30-41-46(36)50(52)38-20-14-19-37-47(38)51(41)49(4)27-13-12-26-48(37,49)3/h7-11,14,16-25,28-30H,5-6,12-13,15,26-27H2,1-4H3. The number of hydrogen-bond donors (Lipinski definition) is 0. The molecule has 1 fully saturated rings. The monoisotopic (exact) mass is 688 g/mol. The maximum absolute atomic E-state index is 6.64. The van der Waals surface area contributed by atoms with Crippen molar-refractivity contribution in [1.82, 2.24) is 0 Å². The van der Waals surface area contributed by atoms with Gasteiger partial charge in [0.15, 0.2) is 0 Å². The van der Waals surface area contributed by atoms with E-state index >= 15 is 0 Å². The number of fused-ring (bicyclic) bond motifs is 11. The average molecular weight is 689 g/mol. The second-order valence-corrected chi connectivity index (χ2v) is 16.6. The van der Waals surface area contributed by atoms with Gasteiger partial charge < -0.3 is 14.1 Å². The van der Waals surface area contributed by atoms with E-state index in [-0.39, 0.29) is 17.8 Å². The topological polar surface area (TPSA) is 19.6 Å². The molecule has 3 aliphatic heterocycles. The molecule has 6 aromatic carbocycles. The number of anilines is 4. The molecule has 260 valence electrons. The molecule has 0 spiro atoms. The molecule has 4 heteroatoms. The highest BCUT2D eigenvalue weighted by Gasteiger charge is 2.61. The third kappa shape index (κ3) is 4.07. The van der Waals surface area contributed by atoms with E-state index in [1.54, 1.807) is 0 Å². The van der Waals surface area contributed by atoms with Crippen LogP contribution in [0, 0.1) is 6.92 Å². The van der Waals surface area contributed by atoms with Gasteiger partial charge in [0.1, 0.15) is 11.2 Å². The first-order valence-corrected chi connectivity index (χ1v) is 19.9. The first-order valence-electron chi connectivity index (χ1n) is 19.9. The van der Waals surface area contributed by atoms with Gasteiger partial charge >= 0.3 is 6.85 Å². The van der Waals surface area contributed by atoms with Gasteiger partial charge in [-0.3, -0.25) is 0 Å². The number of furan rings is 1. The van der Waals surface area contributed by atoms with E-state index in [1.165, 1.54) is 122 Å². The third-order valence-corrected chi connectivity index (χ3v) is 13.9. The van der Waals surface area contributed by atoms with Crippen LogP contribution in [0.2, 0.25) is 0 Å². The smallest absolute Gasteiger partial charge is 0.333 e. The van der Waals surface area contributed by atoms with Crippen molar-refractivity contribution in [3.8, 4) is 22.3 Å². The number of rotatable bonds is 5. The first-order chi connectivity index (χ1) is 25.9. The largest absolute Gasteiger partial charge is 0.456 e. The number of para-hydroxylation sites is 2. The van der Waals surface area contributed by atoms with E-state index in [9.17, 15) is 0 Å². The molecule has 4 aliphatic rings. The zero-order chi connectivity index (χ0) is 35.6. The first kappa shape index (κ1) is 31.3. The highest BCUT2D eigenvalue weighted by Crippen LogP contribution is 2.62. The Morgan fingerprint density at radius 2 is 1.55 bits per heavy atom. The van der Waals surface area contributed by atoms with Crippen LogP contribution >= 0.6 is 0 Å². The van der Waals surface area contributed by atoms with Gasteiger partial charge in [0.05, 0.1) is 5.54 Å². The van der Waals surface area contributed by atoms with Crippen molar-refractivity contribution in [3.05, 3.63) is 132 Å². The van der Waals surface area contributed by atoms with Crippen LogP contribution in [-0.2, 0) is 11.8 Å². The van der Waals surface area contributed by atoms with E-state index in [1.807, 2.05) is 0 Å². The van der Waals surface area contributed by atoms with Crippen molar-refractivity contribution in [2.75, 3.05) is 9.71 Å². The minimum absolute atomic E-state index is 0.0201. The molecule has 3 nitrogen and oxygen atoms in total. The average Bonchev–Trinajstić information content (AvgIpc) is 3.67. The van der Waals surface area contributed by atoms with Crippen LogP contribution in [0.5, 0.6) is 0 Å². The van der Waals surface area contributed by atoms with Crippen molar-refractivity contribution < 1.29 is 4.42 Å². The van der Waals surface area contributed by atoms with Crippen LogP contribution in [-0.4, -0.2) is 12.4 Å². The Labute approximate surface area is 313 Å². The molecule has 1 saturated carbocycles. The van der Waals surface area contributed by atoms with E-state index in [0.29, 0.717) is 0 Å². The number of unbranched alkanes of at least 4 members (excludes halogenated alkanes) is 1. The van der Waals surface area contributed by atoms with E-state index < -0.39 is 0 Å². The van der Waals surface area contributed by atoms with E-state index in [2.05, 4.69) is 153 Å². The molecule has 2 atom stereocenters. The summed E-state index contributed by atoms with van der Waals surface area (Å²) >= 11 is 0. The predicted octanol–water partition coefficient (Wildman–Crippen LogP) is 11.9. The lowest BCUT2D eigenvalue weighted by atomic mass is 9.43. The summed E-state index contributed by atoms with van der Waals surface area (Å²) in [7, 11) is 0. The lowest BCUT2D eigenvalue weighted by Gasteiger charge is -2.53. The van der Waals surface area contributed by atoms with E-state index in [0.717, 1.165) is 17.6 Å². The summed E-state index contributed by atoms with van der Waals surface area (Å²) in [5.74, 6) is 0. The zero-order valence-electron chi connectivity index (χ0n) is 31.3. The number of nitrogens with zero attached hydrogens (tertiary/aromatic N) is 2. The number of benzene rings is 6. The Bertz CT molecular complexity index is 2640. The molecule has 0 amide bonds. The maximum Gasteiger partial charge on any atom is 0.333 e. The highest BCUT2D eigenvalue weighted by atomic mass is 16.3. The molecule has 7 aromatic rings. The van der Waals surface area contributed by atoms with Crippen LogP contribution in [0.3, 0.4) is 0 Å². The molecule has 2 unspecified atom stereocenters. The molecule has 11 rings (SSSR count). The van der Waals surface area contributed by atoms with Gasteiger partial charge in [-0.25, -0.2) is 0 Å². The zero-order valence-corrected chi connectivity index (χ0v) is 31.3. The Hall–Kier alpha value is -5.22. The van der Waals surface area contributed by atoms with E-state index in [4.69, 9.17) is 4.42 Å². The molecule has 0 bridgehead atoms. The fraction of sp³-hybridized carbons (Fsp3) is 0.265. The Balaban J connectivity index is 1.30. The van der Waals surface area contributed by atoms with Crippen molar-refractivity contribution in [2.24, 2.45) is 0 Å². The Kier molecular flexibility index (Phi) is 6.59. The Morgan fingerprint density at radius 1 is 0.736 bits per heavy atom. The quantitative estimate of drug-likeness (QED) is 0.168. The minimum atomic E-state index is -0.0337. The molecular formula is C49H45BN2O. The summed E-state index contributed by atoms with van der Waals surface area (Å²) < 4.78 is 6.64. The van der Waals surface area contributed by atoms with Gasteiger partial charge in [0, 0.05) is 44.5 Å². The van der Waals surface area contributed by atoms with Gasteiger partial charge in [0.25, 0.3) is 0 Å². The molecule has 0 radical (unpaired) electrons. The normalized spacial score (nSPS) is 20.8. The summed E-state index contributed by atoms with van der Waals surface area (Å²) in [6, 6.07) is 43.8. The van der Waals surface area contributed by atoms with Crippen LogP contribution < -0.4 is 20.6 Å². The lowest BCUT2D eigenvalue weighted by molar-refractivity contribution is 0.195. The van der Waals surface area contributed by atoms with Crippen LogP contribution in [0.4, 0.5) is 22.7 Å². The molecule has 0 saturated heterocycles. The minimum Gasteiger partial charge on any atom is -0.456 e. The number of hydrogen-bond acceptors (Lipinski definition) is 3. The SMILES string of the molecule is CCCCc1ccc(N2B3c4cccc5c4N(c4cc(-c6ccccc6)cc(c43)-c3c2ccc2oc4ccccc4c32)C2(C)CCCCC52C)c(C)c1. The van der Waals surface area contributed by atoms with Crippen LogP contribution in [0.1, 0.15) is 76.0 Å². The van der Waals surface area contributed by atoms with Crippen molar-refractivity contribution in [3.63, 3.8) is 0 Å². The summed E-state index contributed by atoms with van der Waals surface area (Å²) in [5.41, 5.74) is 19.5. The second kappa shape index (κ2) is 11.2. The lowest BCUT2D eigenvalue weighted by Crippen LogP contribution is -2.64. The van der Waals surface area contributed by atoms with Crippen molar-refractivity contribution >= 4 is 62.5 Å². The maximum atomic E-state index is 6.64. The van der Waals surface area contributed by atoms with Crippen molar-refractivity contribution in [2.45, 2.75) is 83.6 Å². The van der Waals surface area contributed by atoms with Gasteiger partial charge in [-0.1, -0.05) is 112 Å². The van der Waals surface area contributed by atoms with Crippen LogP contribution in [0.25, 0.3) is 44.2 Å².